The molecule has 1 unspecified atom stereocenters. The number of hydrogen-bond donors (Lipinski definition) is 3. The van der Waals surface area contributed by atoms with Crippen molar-refractivity contribution >= 4 is 11.9 Å². The summed E-state index contributed by atoms with van der Waals surface area (Å²) < 4.78 is 5.46. The van der Waals surface area contributed by atoms with Crippen molar-refractivity contribution < 1.29 is 24.5 Å². The number of unbranched alkanes of at least 4 members (excludes halogenated alkanes) is 12. The van der Waals surface area contributed by atoms with E-state index < -0.39 is 17.9 Å². The maximum absolute atomic E-state index is 13.2. The van der Waals surface area contributed by atoms with Crippen molar-refractivity contribution in [2.75, 3.05) is 7.11 Å². The number of hydrogen-bond acceptors (Lipinski definition) is 4. The van der Waals surface area contributed by atoms with Crippen LogP contribution in [0.25, 0.3) is 0 Å². The largest absolute Gasteiger partial charge is 0.508 e. The van der Waals surface area contributed by atoms with E-state index in [1.165, 1.54) is 89.9 Å². The molecular formula is C32H47NO5. The first-order valence-corrected chi connectivity index (χ1v) is 14.4. The number of amides is 1. The number of carbonyl (C=O) groups is 2. The summed E-state index contributed by atoms with van der Waals surface area (Å²) in [5.74, 6) is -1.00. The summed E-state index contributed by atoms with van der Waals surface area (Å²) in [5, 5.41) is 21.9. The van der Waals surface area contributed by atoms with Crippen LogP contribution >= 0.6 is 0 Å². The van der Waals surface area contributed by atoms with Crippen LogP contribution in [0.3, 0.4) is 0 Å². The SMILES string of the molecule is CCCCCCCCCCCCCCCc1cccc(OC)c1C(=O)NC(Cc1ccc(O)cc1)C(=O)O. The number of nitrogens with one attached hydrogen (secondary N) is 1. The Hall–Kier alpha value is -3.02. The monoisotopic (exact) mass is 525 g/mol. The maximum atomic E-state index is 13.2. The molecule has 0 aromatic heterocycles. The van der Waals surface area contributed by atoms with Crippen LogP contribution in [-0.2, 0) is 17.6 Å². The fourth-order valence-electron chi connectivity index (χ4n) is 4.84. The molecule has 210 valence electrons. The first-order valence-electron chi connectivity index (χ1n) is 14.4. The highest BCUT2D eigenvalue weighted by Crippen LogP contribution is 2.25. The Kier molecular flexibility index (Phi) is 15.0. The molecule has 0 radical (unpaired) electrons. The molecule has 0 aliphatic carbocycles. The van der Waals surface area contributed by atoms with Gasteiger partial charge in [0.1, 0.15) is 17.5 Å². The molecule has 0 fully saturated rings. The van der Waals surface area contributed by atoms with Gasteiger partial charge in [0.15, 0.2) is 0 Å². The third-order valence-electron chi connectivity index (χ3n) is 7.09. The average molecular weight is 526 g/mol. The smallest absolute Gasteiger partial charge is 0.326 e. The third-order valence-corrected chi connectivity index (χ3v) is 7.09. The molecule has 6 nitrogen and oxygen atoms in total. The summed E-state index contributed by atoms with van der Waals surface area (Å²) >= 11 is 0. The summed E-state index contributed by atoms with van der Waals surface area (Å²) in [5.41, 5.74) is 1.99. The van der Waals surface area contributed by atoms with Crippen LogP contribution < -0.4 is 10.1 Å². The van der Waals surface area contributed by atoms with Gasteiger partial charge in [-0.25, -0.2) is 4.79 Å². The molecule has 0 aliphatic rings. The van der Waals surface area contributed by atoms with Crippen LogP contribution in [0.5, 0.6) is 11.5 Å². The van der Waals surface area contributed by atoms with Gasteiger partial charge in [0.25, 0.3) is 5.91 Å². The lowest BCUT2D eigenvalue weighted by Gasteiger charge is -2.18. The van der Waals surface area contributed by atoms with Crippen LogP contribution in [0.4, 0.5) is 0 Å². The number of aryl methyl sites for hydroxylation is 1. The van der Waals surface area contributed by atoms with Gasteiger partial charge in [0.05, 0.1) is 12.7 Å². The minimum Gasteiger partial charge on any atom is -0.508 e. The van der Waals surface area contributed by atoms with Crippen molar-refractivity contribution in [1.29, 1.82) is 0 Å². The topological polar surface area (TPSA) is 95.9 Å². The molecule has 3 N–H and O–H groups in total. The summed E-state index contributed by atoms with van der Waals surface area (Å²) in [7, 11) is 1.52. The number of aromatic hydroxyl groups is 1. The molecule has 2 aromatic carbocycles. The standard InChI is InChI=1S/C32H47NO5/c1-3-4-5-6-7-8-9-10-11-12-13-14-15-17-26-18-16-19-29(38-2)30(26)31(35)33-28(32(36)37)24-25-20-22-27(34)23-21-25/h16,18-23,28,34H,3-15,17,24H2,1-2H3,(H,33,35)(H,36,37). The lowest BCUT2D eigenvalue weighted by Crippen LogP contribution is -2.42. The second-order valence-electron chi connectivity index (χ2n) is 10.2. The van der Waals surface area contributed by atoms with E-state index in [1.807, 2.05) is 12.1 Å². The predicted molar refractivity (Wildman–Crippen MR) is 153 cm³/mol. The van der Waals surface area contributed by atoms with Gasteiger partial charge in [-0.3, -0.25) is 4.79 Å². The van der Waals surface area contributed by atoms with E-state index in [1.54, 1.807) is 18.2 Å². The number of carboxylic acids is 1. The second kappa shape index (κ2) is 18.3. The summed E-state index contributed by atoms with van der Waals surface area (Å²) in [6.07, 6.45) is 17.5. The number of ether oxygens (including phenoxy) is 1. The fraction of sp³-hybridized carbons (Fsp3) is 0.562. The molecular weight excluding hydrogens is 478 g/mol. The van der Waals surface area contributed by atoms with Crippen LogP contribution in [0, 0.1) is 0 Å². The first kappa shape index (κ1) is 31.2. The van der Waals surface area contributed by atoms with Gasteiger partial charge in [0, 0.05) is 6.42 Å². The lowest BCUT2D eigenvalue weighted by atomic mass is 9.98. The van der Waals surface area contributed by atoms with Gasteiger partial charge < -0.3 is 20.3 Å². The van der Waals surface area contributed by atoms with E-state index in [9.17, 15) is 19.8 Å². The summed E-state index contributed by atoms with van der Waals surface area (Å²) in [6, 6.07) is 10.8. The van der Waals surface area contributed by atoms with E-state index in [0.29, 0.717) is 16.9 Å². The van der Waals surface area contributed by atoms with Gasteiger partial charge >= 0.3 is 5.97 Å². The highest BCUT2D eigenvalue weighted by molar-refractivity contribution is 6.00. The maximum Gasteiger partial charge on any atom is 0.326 e. The van der Waals surface area contributed by atoms with Crippen molar-refractivity contribution in [3.63, 3.8) is 0 Å². The molecule has 0 saturated carbocycles. The van der Waals surface area contributed by atoms with Crippen molar-refractivity contribution in [3.8, 4) is 11.5 Å². The first-order chi connectivity index (χ1) is 18.5. The summed E-state index contributed by atoms with van der Waals surface area (Å²) in [4.78, 5) is 25.1. The number of methoxy groups -OCH3 is 1. The predicted octanol–water partition coefficient (Wildman–Crippen LogP) is 7.46. The Labute approximate surface area is 228 Å². The molecule has 6 heteroatoms. The van der Waals surface area contributed by atoms with E-state index in [-0.39, 0.29) is 12.2 Å². The van der Waals surface area contributed by atoms with Crippen molar-refractivity contribution in [2.45, 2.75) is 109 Å². The molecule has 0 heterocycles. The Morgan fingerprint density at radius 3 is 1.89 bits per heavy atom. The minimum atomic E-state index is -1.11. The highest BCUT2D eigenvalue weighted by atomic mass is 16.5. The van der Waals surface area contributed by atoms with Gasteiger partial charge in [0.2, 0.25) is 0 Å². The summed E-state index contributed by atoms with van der Waals surface area (Å²) in [6.45, 7) is 2.26. The zero-order chi connectivity index (χ0) is 27.6. The van der Waals surface area contributed by atoms with Crippen molar-refractivity contribution in [1.82, 2.24) is 5.32 Å². The molecule has 0 spiro atoms. The van der Waals surface area contributed by atoms with Gasteiger partial charge in [-0.2, -0.15) is 0 Å². The highest BCUT2D eigenvalue weighted by Gasteiger charge is 2.24. The number of aliphatic carboxylic acids is 1. The molecule has 0 aliphatic heterocycles. The lowest BCUT2D eigenvalue weighted by molar-refractivity contribution is -0.139. The van der Waals surface area contributed by atoms with Crippen LogP contribution in [-0.4, -0.2) is 35.2 Å². The fourth-order valence-corrected chi connectivity index (χ4v) is 4.84. The Balaban J connectivity index is 1.82. The Bertz CT molecular complexity index is 957. The molecule has 2 aromatic rings. The van der Waals surface area contributed by atoms with E-state index in [2.05, 4.69) is 12.2 Å². The molecule has 38 heavy (non-hydrogen) atoms. The molecule has 1 amide bonds. The van der Waals surface area contributed by atoms with Crippen LogP contribution in [0.1, 0.15) is 112 Å². The zero-order valence-corrected chi connectivity index (χ0v) is 23.3. The van der Waals surface area contributed by atoms with Crippen LogP contribution in [0.2, 0.25) is 0 Å². The van der Waals surface area contributed by atoms with E-state index >= 15 is 0 Å². The Morgan fingerprint density at radius 1 is 0.816 bits per heavy atom. The van der Waals surface area contributed by atoms with Crippen molar-refractivity contribution in [2.24, 2.45) is 0 Å². The van der Waals surface area contributed by atoms with Crippen LogP contribution in [0.15, 0.2) is 42.5 Å². The number of rotatable bonds is 20. The normalized spacial score (nSPS) is 11.7. The van der Waals surface area contributed by atoms with Gasteiger partial charge in [-0.1, -0.05) is 108 Å². The minimum absolute atomic E-state index is 0.108. The van der Waals surface area contributed by atoms with Gasteiger partial charge in [-0.15, -0.1) is 0 Å². The molecule has 1 atom stereocenters. The van der Waals surface area contributed by atoms with Gasteiger partial charge in [-0.05, 0) is 42.2 Å². The zero-order valence-electron chi connectivity index (χ0n) is 23.3. The number of benzene rings is 2. The third kappa shape index (κ3) is 11.6. The number of phenolic OH excluding ortho intramolecular Hbond substituents is 1. The van der Waals surface area contributed by atoms with E-state index in [4.69, 9.17) is 4.74 Å². The number of phenols is 1. The van der Waals surface area contributed by atoms with Crippen molar-refractivity contribution in [3.05, 3.63) is 59.2 Å². The quantitative estimate of drug-likeness (QED) is 0.156. The molecule has 0 bridgehead atoms. The molecule has 0 saturated heterocycles. The van der Waals surface area contributed by atoms with E-state index in [0.717, 1.165) is 24.8 Å². The second-order valence-corrected chi connectivity index (χ2v) is 10.2. The number of carboxylic acid groups (broad SMARTS) is 1. The Morgan fingerprint density at radius 2 is 1.37 bits per heavy atom. The number of carbonyl (C=O) groups excluding carboxylic acids is 1. The average Bonchev–Trinajstić information content (AvgIpc) is 2.91. The molecule has 2 rings (SSSR count).